The van der Waals surface area contributed by atoms with Crippen molar-refractivity contribution in [3.8, 4) is 5.88 Å². The van der Waals surface area contributed by atoms with Gasteiger partial charge in [-0.3, -0.25) is 9.89 Å². The summed E-state index contributed by atoms with van der Waals surface area (Å²) in [6.07, 6.45) is 6.13. The van der Waals surface area contributed by atoms with Gasteiger partial charge in [0.2, 0.25) is 5.43 Å². The normalized spacial score (nSPS) is 12.4. The fourth-order valence-electron chi connectivity index (χ4n) is 1.53. The van der Waals surface area contributed by atoms with Gasteiger partial charge in [-0.05, 0) is 12.3 Å². The molecule has 0 bridgehead atoms. The molecule has 0 fully saturated rings. The molecule has 16 heavy (non-hydrogen) atoms. The lowest BCUT2D eigenvalue weighted by Gasteiger charge is -2.14. The molecule has 1 atom stereocenters. The molecule has 0 saturated carbocycles. The second kappa shape index (κ2) is 7.04. The van der Waals surface area contributed by atoms with Crippen molar-refractivity contribution < 1.29 is 4.74 Å². The summed E-state index contributed by atoms with van der Waals surface area (Å²) in [5, 5.41) is 6.42. The largest absolute Gasteiger partial charge is 0.474 e. The summed E-state index contributed by atoms with van der Waals surface area (Å²) >= 11 is 0. The molecule has 0 aromatic carbocycles. The van der Waals surface area contributed by atoms with Gasteiger partial charge >= 0.3 is 0 Å². The maximum absolute atomic E-state index is 11.3. The van der Waals surface area contributed by atoms with Gasteiger partial charge < -0.3 is 4.74 Å². The van der Waals surface area contributed by atoms with Crippen molar-refractivity contribution in [1.29, 1.82) is 0 Å². The van der Waals surface area contributed by atoms with Gasteiger partial charge in [0.15, 0.2) is 0 Å². The molecule has 1 rings (SSSR count). The van der Waals surface area contributed by atoms with Gasteiger partial charge in [-0.1, -0.05) is 33.1 Å². The smallest absolute Gasteiger partial charge is 0.279 e. The van der Waals surface area contributed by atoms with Crippen molar-refractivity contribution in [1.82, 2.24) is 10.2 Å². The minimum absolute atomic E-state index is 0.163. The number of hydrogen-bond donors (Lipinski definition) is 1. The number of nitrogens with one attached hydrogen (secondary N) is 1. The number of aromatic nitrogens is 2. The first-order valence-electron chi connectivity index (χ1n) is 5.94. The van der Waals surface area contributed by atoms with E-state index in [0.29, 0.717) is 12.5 Å². The summed E-state index contributed by atoms with van der Waals surface area (Å²) in [7, 11) is 0. The van der Waals surface area contributed by atoms with Gasteiger partial charge in [0, 0.05) is 12.3 Å². The summed E-state index contributed by atoms with van der Waals surface area (Å²) < 4.78 is 5.43. The Bertz CT molecular complexity index is 349. The zero-order valence-corrected chi connectivity index (χ0v) is 10.0. The van der Waals surface area contributed by atoms with Crippen LogP contribution in [-0.2, 0) is 0 Å². The molecule has 1 aromatic rings. The number of nitrogens with zero attached hydrogens (tertiary/aromatic N) is 1. The number of ether oxygens (including phenoxy) is 1. The Hall–Kier alpha value is -1.32. The molecule has 1 N–H and O–H groups in total. The quantitative estimate of drug-likeness (QED) is 0.773. The van der Waals surface area contributed by atoms with Crippen LogP contribution >= 0.6 is 0 Å². The van der Waals surface area contributed by atoms with E-state index in [1.807, 2.05) is 0 Å². The molecule has 0 aliphatic heterocycles. The standard InChI is InChI=1S/C12H20N2O2/c1-3-5-6-10(4-2)9-16-12-11(15)7-8-13-14-12/h7-8,10H,3-6,9H2,1-2H3,(H,13,15). The number of unbranched alkanes of at least 4 members (excludes halogenated alkanes) is 1. The van der Waals surface area contributed by atoms with Crippen LogP contribution in [0.4, 0.5) is 0 Å². The summed E-state index contributed by atoms with van der Waals surface area (Å²) in [6, 6.07) is 1.43. The molecule has 90 valence electrons. The van der Waals surface area contributed by atoms with E-state index in [0.717, 1.165) is 12.8 Å². The van der Waals surface area contributed by atoms with Crippen molar-refractivity contribution in [2.45, 2.75) is 39.5 Å². The van der Waals surface area contributed by atoms with E-state index in [4.69, 9.17) is 4.74 Å². The number of aromatic amines is 1. The first kappa shape index (κ1) is 12.7. The number of rotatable bonds is 7. The highest BCUT2D eigenvalue weighted by Crippen LogP contribution is 2.13. The van der Waals surface area contributed by atoms with Crippen LogP contribution in [0, 0.1) is 5.92 Å². The Balaban J connectivity index is 2.43. The average Bonchev–Trinajstić information content (AvgIpc) is 2.31. The molecule has 1 heterocycles. The second-order valence-corrected chi connectivity index (χ2v) is 3.97. The van der Waals surface area contributed by atoms with Crippen molar-refractivity contribution >= 4 is 0 Å². The maximum Gasteiger partial charge on any atom is 0.279 e. The Kier molecular flexibility index (Phi) is 5.61. The lowest BCUT2D eigenvalue weighted by atomic mass is 10.0. The van der Waals surface area contributed by atoms with Gasteiger partial charge in [-0.25, -0.2) is 0 Å². The molecule has 4 nitrogen and oxygen atoms in total. The van der Waals surface area contributed by atoms with Crippen LogP contribution in [0.1, 0.15) is 39.5 Å². The SMILES string of the molecule is CCCCC(CC)COc1n[nH]ccc1=O. The van der Waals surface area contributed by atoms with Gasteiger partial charge in [0.25, 0.3) is 5.88 Å². The topological polar surface area (TPSA) is 55.0 Å². The van der Waals surface area contributed by atoms with Crippen LogP contribution in [0.2, 0.25) is 0 Å². The fourth-order valence-corrected chi connectivity index (χ4v) is 1.53. The molecule has 4 heteroatoms. The van der Waals surface area contributed by atoms with Crippen LogP contribution in [0.15, 0.2) is 17.1 Å². The van der Waals surface area contributed by atoms with E-state index in [1.165, 1.54) is 25.1 Å². The molecule has 0 saturated heterocycles. The van der Waals surface area contributed by atoms with Gasteiger partial charge in [-0.15, -0.1) is 5.10 Å². The van der Waals surface area contributed by atoms with Crippen molar-refractivity contribution in [2.24, 2.45) is 5.92 Å². The highest BCUT2D eigenvalue weighted by Gasteiger charge is 2.08. The molecular formula is C12H20N2O2. The third-order valence-corrected chi connectivity index (χ3v) is 2.69. The monoisotopic (exact) mass is 224 g/mol. The van der Waals surface area contributed by atoms with E-state index >= 15 is 0 Å². The van der Waals surface area contributed by atoms with Crippen molar-refractivity contribution in [3.63, 3.8) is 0 Å². The van der Waals surface area contributed by atoms with Crippen LogP contribution in [-0.4, -0.2) is 16.8 Å². The van der Waals surface area contributed by atoms with E-state index in [-0.39, 0.29) is 11.3 Å². The van der Waals surface area contributed by atoms with Crippen molar-refractivity contribution in [2.75, 3.05) is 6.61 Å². The molecular weight excluding hydrogens is 204 g/mol. The minimum atomic E-state index is -0.163. The molecule has 0 aliphatic rings. The first-order valence-corrected chi connectivity index (χ1v) is 5.94. The fraction of sp³-hybridized carbons (Fsp3) is 0.667. The minimum Gasteiger partial charge on any atom is -0.474 e. The zero-order chi connectivity index (χ0) is 11.8. The summed E-state index contributed by atoms with van der Waals surface area (Å²) in [5.41, 5.74) is -0.163. The predicted molar refractivity (Wildman–Crippen MR) is 63.7 cm³/mol. The Morgan fingerprint density at radius 2 is 2.31 bits per heavy atom. The third kappa shape index (κ3) is 4.04. The first-order chi connectivity index (χ1) is 7.77. The Labute approximate surface area is 96.0 Å². The zero-order valence-electron chi connectivity index (χ0n) is 10.0. The van der Waals surface area contributed by atoms with E-state index in [9.17, 15) is 4.79 Å². The summed E-state index contributed by atoms with van der Waals surface area (Å²) in [6.45, 7) is 4.90. The average molecular weight is 224 g/mol. The molecule has 1 unspecified atom stereocenters. The maximum atomic E-state index is 11.3. The molecule has 1 aromatic heterocycles. The molecule has 0 aliphatic carbocycles. The van der Waals surface area contributed by atoms with Crippen LogP contribution in [0.3, 0.4) is 0 Å². The van der Waals surface area contributed by atoms with Gasteiger partial charge in [0.1, 0.15) is 0 Å². The third-order valence-electron chi connectivity index (χ3n) is 2.69. The van der Waals surface area contributed by atoms with Gasteiger partial charge in [0.05, 0.1) is 6.61 Å². The molecule has 0 radical (unpaired) electrons. The number of H-pyrrole nitrogens is 1. The van der Waals surface area contributed by atoms with Crippen LogP contribution in [0.5, 0.6) is 5.88 Å². The summed E-state index contributed by atoms with van der Waals surface area (Å²) in [4.78, 5) is 11.3. The Morgan fingerprint density at radius 1 is 1.50 bits per heavy atom. The lowest BCUT2D eigenvalue weighted by Crippen LogP contribution is -2.16. The van der Waals surface area contributed by atoms with E-state index in [2.05, 4.69) is 24.0 Å². The van der Waals surface area contributed by atoms with E-state index in [1.54, 1.807) is 0 Å². The van der Waals surface area contributed by atoms with Crippen LogP contribution in [0.25, 0.3) is 0 Å². The van der Waals surface area contributed by atoms with Crippen molar-refractivity contribution in [3.05, 3.63) is 22.5 Å². The highest BCUT2D eigenvalue weighted by molar-refractivity contribution is 5.06. The van der Waals surface area contributed by atoms with Crippen LogP contribution < -0.4 is 10.2 Å². The molecule has 0 amide bonds. The van der Waals surface area contributed by atoms with E-state index < -0.39 is 0 Å². The number of hydrogen-bond acceptors (Lipinski definition) is 3. The predicted octanol–water partition coefficient (Wildman–Crippen LogP) is 2.37. The summed E-state index contributed by atoms with van der Waals surface area (Å²) in [5.74, 6) is 0.693. The Morgan fingerprint density at radius 3 is 2.94 bits per heavy atom. The molecule has 0 spiro atoms. The lowest BCUT2D eigenvalue weighted by molar-refractivity contribution is 0.222. The second-order valence-electron chi connectivity index (χ2n) is 3.97. The van der Waals surface area contributed by atoms with Gasteiger partial charge in [-0.2, -0.15) is 0 Å². The highest BCUT2D eigenvalue weighted by atomic mass is 16.5.